The van der Waals surface area contributed by atoms with E-state index >= 15 is 0 Å². The smallest absolute Gasteiger partial charge is 0.284 e. The molecule has 0 radical (unpaired) electrons. The van der Waals surface area contributed by atoms with E-state index in [-0.39, 0.29) is 17.6 Å². The summed E-state index contributed by atoms with van der Waals surface area (Å²) in [5.41, 5.74) is -2.21. The second-order valence-corrected chi connectivity index (χ2v) is 9.93. The van der Waals surface area contributed by atoms with Crippen molar-refractivity contribution in [3.63, 3.8) is 0 Å². The zero-order chi connectivity index (χ0) is 22.2. The van der Waals surface area contributed by atoms with Gasteiger partial charge in [-0.3, -0.25) is 3.11 Å². The van der Waals surface area contributed by atoms with Crippen LogP contribution in [0, 0.1) is 0 Å². The van der Waals surface area contributed by atoms with Crippen molar-refractivity contribution >= 4 is 54.9 Å². The number of pyridine rings is 1. The van der Waals surface area contributed by atoms with Crippen LogP contribution in [0.25, 0.3) is 11.0 Å². The number of ether oxygens (including phenoxy) is 1. The predicted octanol–water partition coefficient (Wildman–Crippen LogP) is 4.92. The highest BCUT2D eigenvalue weighted by Gasteiger charge is 2.33. The van der Waals surface area contributed by atoms with Gasteiger partial charge in [-0.2, -0.15) is 18.7 Å². The van der Waals surface area contributed by atoms with Gasteiger partial charge in [-0.25, -0.2) is 4.98 Å². The van der Waals surface area contributed by atoms with Gasteiger partial charge in [0, 0.05) is 18.3 Å². The minimum atomic E-state index is -3.01. The second-order valence-electron chi connectivity index (χ2n) is 8.04. The molecule has 0 saturated carbocycles. The van der Waals surface area contributed by atoms with Gasteiger partial charge in [-0.15, -0.1) is 0 Å². The minimum Gasteiger partial charge on any atom is -0.377 e. The summed E-state index contributed by atoms with van der Waals surface area (Å²) in [6.07, 6.45) is 1.69. The number of rotatable bonds is 5. The Labute approximate surface area is 196 Å². The van der Waals surface area contributed by atoms with E-state index in [2.05, 4.69) is 46.6 Å². The highest BCUT2D eigenvalue weighted by molar-refractivity contribution is 14.1. The zero-order valence-corrected chi connectivity index (χ0v) is 20.5. The molecule has 4 rings (SSSR count). The number of alkyl halides is 2. The molecule has 0 amide bonds. The lowest BCUT2D eigenvalue weighted by Gasteiger charge is -2.42. The van der Waals surface area contributed by atoms with Crippen LogP contribution in [0.3, 0.4) is 0 Å². The maximum absolute atomic E-state index is 14.1. The van der Waals surface area contributed by atoms with Gasteiger partial charge >= 0.3 is 0 Å². The molecule has 1 fully saturated rings. The van der Waals surface area contributed by atoms with Crippen molar-refractivity contribution in [3.05, 3.63) is 53.7 Å². The quantitative estimate of drug-likeness (QED) is 0.252. The molecule has 1 unspecified atom stereocenters. The summed E-state index contributed by atoms with van der Waals surface area (Å²) < 4.78 is 35.7. The Balaban J connectivity index is 1.77. The number of anilines is 2. The van der Waals surface area contributed by atoms with Crippen LogP contribution < -0.4 is 8.01 Å². The topological polar surface area (TPSA) is 54.4 Å². The second kappa shape index (κ2) is 8.67. The number of hydrogen-bond donors (Lipinski definition) is 0. The molecule has 1 aliphatic rings. The van der Waals surface area contributed by atoms with Gasteiger partial charge in [0.25, 0.3) is 5.66 Å². The van der Waals surface area contributed by atoms with Crippen LogP contribution in [0.2, 0.25) is 0 Å². The largest absolute Gasteiger partial charge is 0.377 e. The number of hydrogen-bond acceptors (Lipinski definition) is 6. The highest BCUT2D eigenvalue weighted by Crippen LogP contribution is 2.38. The maximum Gasteiger partial charge on any atom is 0.284 e. The first-order valence-electron chi connectivity index (χ1n) is 9.83. The van der Waals surface area contributed by atoms with Crippen LogP contribution in [0.1, 0.15) is 25.0 Å². The van der Waals surface area contributed by atoms with Gasteiger partial charge < -0.3 is 9.64 Å². The number of benzene rings is 1. The van der Waals surface area contributed by atoms with Crippen molar-refractivity contribution in [2.75, 3.05) is 27.8 Å². The van der Waals surface area contributed by atoms with Crippen LogP contribution in [0.15, 0.2) is 42.6 Å². The van der Waals surface area contributed by atoms with Crippen molar-refractivity contribution in [2.45, 2.75) is 31.6 Å². The van der Waals surface area contributed by atoms with Crippen LogP contribution in [-0.2, 0) is 16.9 Å². The molecule has 1 saturated heterocycles. The Morgan fingerprint density at radius 1 is 1.23 bits per heavy atom. The van der Waals surface area contributed by atoms with E-state index in [0.29, 0.717) is 42.7 Å². The Morgan fingerprint density at radius 3 is 2.74 bits per heavy atom. The molecule has 2 aromatic heterocycles. The lowest BCUT2D eigenvalue weighted by Crippen LogP contribution is -2.54. The molecule has 0 N–H and O–H groups in total. The lowest BCUT2D eigenvalue weighted by atomic mass is 10.0. The summed E-state index contributed by atoms with van der Waals surface area (Å²) in [6, 6.07) is 10.3. The molecular formula is C21H23F2IN5OP. The number of nitrogens with zero attached hydrogens (tertiary/aromatic N) is 5. The molecule has 0 spiro atoms. The van der Waals surface area contributed by atoms with Crippen molar-refractivity contribution in [2.24, 2.45) is 0 Å². The van der Waals surface area contributed by atoms with Crippen molar-refractivity contribution < 1.29 is 13.5 Å². The summed E-state index contributed by atoms with van der Waals surface area (Å²) in [5, 5.41) is 0.766. The number of morpholine rings is 1. The Bertz CT molecular complexity index is 1090. The molecule has 10 heteroatoms. The fourth-order valence-electron chi connectivity index (χ4n) is 3.68. The Kier molecular flexibility index (Phi) is 6.29. The molecule has 0 aliphatic carbocycles. The van der Waals surface area contributed by atoms with Crippen LogP contribution in [-0.4, -0.2) is 40.2 Å². The standard InChI is InChI=1S/C21H23F2IN5OP/c1-20(2)13-30-11-10-28(20)19-26-17-15(7-5-9-25-17)18(27-19)29(24)12-14-6-3-4-8-16(14)21(22,23)31/h3-9H,10-13,31H2,1-2H3. The van der Waals surface area contributed by atoms with Crippen molar-refractivity contribution in [3.8, 4) is 0 Å². The van der Waals surface area contributed by atoms with Crippen LogP contribution in [0.5, 0.6) is 0 Å². The first kappa shape index (κ1) is 22.5. The molecule has 1 aromatic carbocycles. The van der Waals surface area contributed by atoms with E-state index in [4.69, 9.17) is 14.7 Å². The molecule has 1 aliphatic heterocycles. The van der Waals surface area contributed by atoms with Gasteiger partial charge in [0.1, 0.15) is 0 Å². The average Bonchev–Trinajstić information content (AvgIpc) is 2.72. The number of halogens is 3. The third-order valence-electron chi connectivity index (χ3n) is 5.24. The van der Waals surface area contributed by atoms with E-state index in [1.54, 1.807) is 33.6 Å². The number of aromatic nitrogens is 3. The summed E-state index contributed by atoms with van der Waals surface area (Å²) in [4.78, 5) is 16.1. The van der Waals surface area contributed by atoms with E-state index < -0.39 is 5.66 Å². The fourth-order valence-corrected chi connectivity index (χ4v) is 4.69. The van der Waals surface area contributed by atoms with Gasteiger partial charge in [0.15, 0.2) is 11.5 Å². The molecule has 31 heavy (non-hydrogen) atoms. The van der Waals surface area contributed by atoms with Crippen LogP contribution >= 0.6 is 32.1 Å². The zero-order valence-electron chi connectivity index (χ0n) is 17.2. The molecule has 0 bridgehead atoms. The van der Waals surface area contributed by atoms with E-state index in [1.165, 1.54) is 6.07 Å². The first-order valence-corrected chi connectivity index (χ1v) is 11.4. The fraction of sp³-hybridized carbons (Fsp3) is 0.381. The van der Waals surface area contributed by atoms with Gasteiger partial charge in [-0.1, -0.05) is 33.5 Å². The van der Waals surface area contributed by atoms with Gasteiger partial charge in [-0.05, 0) is 31.5 Å². The van der Waals surface area contributed by atoms with Gasteiger partial charge in [0.2, 0.25) is 5.95 Å². The molecular weight excluding hydrogens is 534 g/mol. The molecule has 6 nitrogen and oxygen atoms in total. The third kappa shape index (κ3) is 4.73. The molecule has 3 heterocycles. The number of fused-ring (bicyclic) bond motifs is 1. The Hall–Kier alpha value is -1.71. The normalized spacial score (nSPS) is 16.5. The lowest BCUT2D eigenvalue weighted by molar-refractivity contribution is 0.0634. The summed E-state index contributed by atoms with van der Waals surface area (Å²) in [5.74, 6) is 1.19. The molecule has 1 atom stereocenters. The van der Waals surface area contributed by atoms with E-state index in [0.717, 1.165) is 5.39 Å². The summed E-state index contributed by atoms with van der Waals surface area (Å²) in [6.45, 7) is 6.24. The first-order chi connectivity index (χ1) is 14.7. The van der Waals surface area contributed by atoms with Crippen molar-refractivity contribution in [1.29, 1.82) is 0 Å². The highest BCUT2D eigenvalue weighted by atomic mass is 127. The molecule has 3 aromatic rings. The maximum atomic E-state index is 14.1. The molecule has 164 valence electrons. The van der Waals surface area contributed by atoms with Gasteiger partial charge in [0.05, 0.1) is 53.5 Å². The van der Waals surface area contributed by atoms with E-state index in [1.807, 2.05) is 15.2 Å². The Morgan fingerprint density at radius 2 is 2.00 bits per heavy atom. The summed E-state index contributed by atoms with van der Waals surface area (Å²) >= 11 is 2.12. The predicted molar refractivity (Wildman–Crippen MR) is 130 cm³/mol. The van der Waals surface area contributed by atoms with Crippen LogP contribution in [0.4, 0.5) is 20.5 Å². The third-order valence-corrected chi connectivity index (χ3v) is 6.35. The SMILES string of the molecule is CC1(C)COCCN1c1nc(N(I)Cc2ccccc2C(F)(F)P)c2cccnc2n1. The van der Waals surface area contributed by atoms with Crippen molar-refractivity contribution in [1.82, 2.24) is 15.0 Å². The monoisotopic (exact) mass is 557 g/mol. The average molecular weight is 557 g/mol. The minimum absolute atomic E-state index is 0.0207. The summed E-state index contributed by atoms with van der Waals surface area (Å²) in [7, 11) is 1.62. The van der Waals surface area contributed by atoms with E-state index in [9.17, 15) is 8.78 Å².